The summed E-state index contributed by atoms with van der Waals surface area (Å²) < 4.78 is 3.20. The third-order valence-electron chi connectivity index (χ3n) is 8.99. The van der Waals surface area contributed by atoms with Crippen molar-refractivity contribution in [2.75, 3.05) is 0 Å². The minimum atomic E-state index is 0.508. The Bertz CT molecular complexity index is 2500. The molecule has 0 N–H and O–H groups in total. The van der Waals surface area contributed by atoms with E-state index in [1.807, 2.05) is 126 Å². The molecule has 0 saturated carbocycles. The van der Waals surface area contributed by atoms with Crippen LogP contribution in [0.25, 0.3) is 56.2 Å². The summed E-state index contributed by atoms with van der Waals surface area (Å²) in [6, 6.07) is 6.06. The zero-order chi connectivity index (χ0) is 42.2. The maximum atomic E-state index is 5.06. The molecule has 0 saturated heterocycles. The number of hydrogen-bond donors (Lipinski definition) is 0. The van der Waals surface area contributed by atoms with Crippen molar-refractivity contribution >= 4 is 81.2 Å². The predicted molar refractivity (Wildman–Crippen MR) is 262 cm³/mol. The van der Waals surface area contributed by atoms with E-state index in [-0.39, 0.29) is 0 Å². The summed E-state index contributed by atoms with van der Waals surface area (Å²) in [5, 5.41) is 0.783. The first-order valence-electron chi connectivity index (χ1n) is 18.9. The number of rotatable bonds is 19. The molecule has 0 aliphatic heterocycles. The van der Waals surface area contributed by atoms with Crippen LogP contribution in [-0.4, -0.2) is 44.2 Å². The second-order valence-electron chi connectivity index (χ2n) is 12.7. The Hall–Kier alpha value is -6.50. The molecule has 0 fully saturated rings. The predicted octanol–water partition coefficient (Wildman–Crippen LogP) is 12.1. The van der Waals surface area contributed by atoms with Crippen LogP contribution in [0.2, 0.25) is 13.6 Å². The van der Waals surface area contributed by atoms with E-state index in [0.717, 1.165) is 76.7 Å². The number of aromatic nitrogens is 5. The second kappa shape index (κ2) is 21.7. The van der Waals surface area contributed by atoms with E-state index in [1.165, 1.54) is 0 Å². The van der Waals surface area contributed by atoms with Gasteiger partial charge in [-0.2, -0.15) is 0 Å². The normalized spacial score (nSPS) is 13.0. The van der Waals surface area contributed by atoms with Gasteiger partial charge in [0.2, 0.25) is 0 Å². The van der Waals surface area contributed by atoms with E-state index in [2.05, 4.69) is 77.0 Å². The van der Waals surface area contributed by atoms with Gasteiger partial charge in [0.25, 0.3) is 0 Å². The summed E-state index contributed by atoms with van der Waals surface area (Å²) in [7, 11) is 2.12. The Kier molecular flexibility index (Phi) is 16.5. The molecular weight excluding hydrogens is 724 g/mol. The van der Waals surface area contributed by atoms with Gasteiger partial charge in [0.1, 0.15) is 0 Å². The van der Waals surface area contributed by atoms with Crippen LogP contribution in [-0.2, 0) is 0 Å². The van der Waals surface area contributed by atoms with Gasteiger partial charge in [-0.1, -0.05) is 61.8 Å². The molecule has 287 valence electrons. The Morgan fingerprint density at radius 1 is 0.776 bits per heavy atom. The average Bonchev–Trinajstić information content (AvgIpc) is 3.79. The van der Waals surface area contributed by atoms with Crippen LogP contribution >= 0.6 is 11.3 Å². The van der Waals surface area contributed by atoms with Crippen LogP contribution in [0.3, 0.4) is 0 Å². The van der Waals surface area contributed by atoms with E-state index in [9.17, 15) is 0 Å². The van der Waals surface area contributed by atoms with E-state index < -0.39 is 0 Å². The van der Waals surface area contributed by atoms with Crippen LogP contribution in [0.15, 0.2) is 167 Å². The summed E-state index contributed by atoms with van der Waals surface area (Å²) in [5.74, 6) is 1.53. The number of thiazole rings is 1. The first kappa shape index (κ1) is 44.2. The molecule has 0 aliphatic rings. The fraction of sp³-hybridized carbons (Fsp3) is 0.100. The van der Waals surface area contributed by atoms with E-state index in [4.69, 9.17) is 19.9 Å². The molecule has 0 bridgehead atoms. The van der Waals surface area contributed by atoms with Gasteiger partial charge in [0.15, 0.2) is 17.5 Å². The third kappa shape index (κ3) is 10.5. The van der Waals surface area contributed by atoms with Gasteiger partial charge >= 0.3 is 209 Å². The molecule has 4 aromatic rings. The average molecular weight is 775 g/mol. The molecule has 0 atom stereocenters. The van der Waals surface area contributed by atoms with Crippen LogP contribution in [0, 0.1) is 6.92 Å². The first-order valence-corrected chi connectivity index (χ1v) is 19.7. The Morgan fingerprint density at radius 2 is 1.43 bits per heavy atom. The van der Waals surface area contributed by atoms with Gasteiger partial charge in [-0.25, -0.2) is 15.0 Å². The first-order chi connectivity index (χ1) is 28.1. The maximum absolute atomic E-state index is 5.06. The fourth-order valence-electron chi connectivity index (χ4n) is 6.06. The quantitative estimate of drug-likeness (QED) is 0.0703. The summed E-state index contributed by atoms with van der Waals surface area (Å²) in [6.07, 6.45) is 34.6. The molecule has 4 rings (SSSR count). The molecule has 1 aromatic carbocycles. The SMILES string of the molecule is C=C/C=C\C(=BC)C(=C)/C=C\c1c([B]C)c(/C=C\C=C)c(C)n1/C(C=C)=C/C(=C)c1nc2cc(-c3nc(/C(C=C)=C/C=C\C)nc(/C(C=C)=C/C=C\C)n3)ccc2s1. The summed E-state index contributed by atoms with van der Waals surface area (Å²) in [4.78, 5) is 19.6. The number of allylic oxidation sites excluding steroid dienone is 21. The Labute approximate surface area is 350 Å². The number of fused-ring (bicyclic) bond motifs is 1. The van der Waals surface area contributed by atoms with Crippen molar-refractivity contribution in [1.82, 2.24) is 24.5 Å². The summed E-state index contributed by atoms with van der Waals surface area (Å²) >= 11 is 1.57. The number of hydrogen-bond acceptors (Lipinski definition) is 5. The molecule has 1 radical (unpaired) electrons. The van der Waals surface area contributed by atoms with Crippen LogP contribution in [0.1, 0.15) is 47.5 Å². The van der Waals surface area contributed by atoms with Gasteiger partial charge in [-0.3, -0.25) is 0 Å². The van der Waals surface area contributed by atoms with Crippen molar-refractivity contribution in [1.29, 1.82) is 0 Å². The molecule has 0 unspecified atom stereocenters. The molecule has 5 nitrogen and oxygen atoms in total. The van der Waals surface area contributed by atoms with Crippen LogP contribution in [0.4, 0.5) is 0 Å². The Morgan fingerprint density at radius 3 is 1.98 bits per heavy atom. The molecule has 0 amide bonds. The van der Waals surface area contributed by atoms with E-state index in [1.54, 1.807) is 35.6 Å². The summed E-state index contributed by atoms with van der Waals surface area (Å²) in [5.41, 5.74) is 10.8. The molecule has 0 aliphatic carbocycles. The van der Waals surface area contributed by atoms with Crippen molar-refractivity contribution in [2.24, 2.45) is 0 Å². The second-order valence-corrected chi connectivity index (χ2v) is 13.8. The molecule has 58 heavy (non-hydrogen) atoms. The fourth-order valence-corrected chi connectivity index (χ4v) is 6.94. The zero-order valence-corrected chi connectivity index (χ0v) is 35.2. The monoisotopic (exact) mass is 774 g/mol. The van der Waals surface area contributed by atoms with Gasteiger partial charge in [0.05, 0.1) is 0 Å². The number of benzene rings is 1. The Balaban J connectivity index is 1.84. The standard InChI is InChI=1S/C50H50B2N5S/c1-13-20-24-37(17-5)47-54-48(38(18-6)25-21-14-2)56-49(55-47)39-29-31-45-43(33-39)53-50(58-45)35(9)32-40(19-7)57-36(10)41(26-22-15-3)46(52-12)44(57)30-28-34(8)42(51-11)27-23-16-4/h13-33H,3-9H2,1-2,10-12H3/b20-13-,21-14-,26-22-,27-23-,30-28-,37-24+,38-25+,40-32+. The van der Waals surface area contributed by atoms with Crippen LogP contribution in [0.5, 0.6) is 0 Å². The zero-order valence-electron chi connectivity index (χ0n) is 34.4. The third-order valence-corrected chi connectivity index (χ3v) is 10.1. The van der Waals surface area contributed by atoms with Crippen LogP contribution < -0.4 is 5.46 Å². The van der Waals surface area contributed by atoms with Crippen molar-refractivity contribution in [3.05, 3.63) is 201 Å². The number of nitrogens with zero attached hydrogens (tertiary/aromatic N) is 5. The van der Waals surface area contributed by atoms with Crippen molar-refractivity contribution in [3.63, 3.8) is 0 Å². The van der Waals surface area contributed by atoms with Gasteiger partial charge in [0, 0.05) is 16.7 Å². The van der Waals surface area contributed by atoms with Crippen molar-refractivity contribution in [3.8, 4) is 11.4 Å². The van der Waals surface area contributed by atoms with E-state index in [0.29, 0.717) is 17.5 Å². The molecule has 3 heterocycles. The molecular formula is C50H50B2N5S. The van der Waals surface area contributed by atoms with Gasteiger partial charge < -0.3 is 0 Å². The van der Waals surface area contributed by atoms with Gasteiger partial charge in [-0.15, -0.1) is 0 Å². The van der Waals surface area contributed by atoms with Crippen molar-refractivity contribution in [2.45, 2.75) is 34.4 Å². The topological polar surface area (TPSA) is 56.5 Å². The van der Waals surface area contributed by atoms with E-state index >= 15 is 0 Å². The van der Waals surface area contributed by atoms with Gasteiger partial charge in [-0.05, 0) is 32.0 Å². The molecule has 8 heteroatoms. The molecule has 0 spiro atoms. The minimum absolute atomic E-state index is 0.508. The molecule has 3 aromatic heterocycles. The van der Waals surface area contributed by atoms with Crippen molar-refractivity contribution < 1.29 is 0 Å². The summed E-state index contributed by atoms with van der Waals surface area (Å²) in [6.45, 7) is 40.9.